The maximum Gasteiger partial charge on any atom is 0.307 e. The van der Waals surface area contributed by atoms with E-state index in [-0.39, 0.29) is 6.42 Å². The Morgan fingerprint density at radius 3 is 2.73 bits per heavy atom. The van der Waals surface area contributed by atoms with Crippen LogP contribution in [0.4, 0.5) is 0 Å². The molecule has 1 heterocycles. The van der Waals surface area contributed by atoms with Gasteiger partial charge < -0.3 is 5.11 Å². The third-order valence-corrected chi connectivity index (χ3v) is 5.69. The van der Waals surface area contributed by atoms with Crippen LogP contribution in [0.3, 0.4) is 0 Å². The predicted molar refractivity (Wildman–Crippen MR) is 106 cm³/mol. The number of carboxylic acids is 1. The Balaban J connectivity index is 1.94. The first kappa shape index (κ1) is 17.1. The minimum Gasteiger partial charge on any atom is -0.481 e. The molecule has 0 saturated heterocycles. The van der Waals surface area contributed by atoms with E-state index in [9.17, 15) is 9.90 Å². The van der Waals surface area contributed by atoms with Gasteiger partial charge in [0, 0.05) is 16.5 Å². The molecule has 0 bridgehead atoms. The van der Waals surface area contributed by atoms with Gasteiger partial charge in [-0.1, -0.05) is 29.7 Å². The number of fused-ring (bicyclic) bond motifs is 1. The molecule has 1 aliphatic rings. The number of hydrogen-bond donors (Lipinski definition) is 1. The molecule has 1 fully saturated rings. The smallest absolute Gasteiger partial charge is 0.307 e. The van der Waals surface area contributed by atoms with Crippen LogP contribution in [0.5, 0.6) is 0 Å². The molecule has 0 amide bonds. The number of aryl methyl sites for hydroxylation is 1. The molecule has 1 aromatic heterocycles. The van der Waals surface area contributed by atoms with Gasteiger partial charge in [-0.15, -0.1) is 11.3 Å². The molecule has 1 saturated carbocycles. The van der Waals surface area contributed by atoms with Crippen LogP contribution in [-0.4, -0.2) is 16.1 Å². The van der Waals surface area contributed by atoms with Crippen molar-refractivity contribution in [2.45, 2.75) is 26.2 Å². The van der Waals surface area contributed by atoms with E-state index >= 15 is 0 Å². The van der Waals surface area contributed by atoms with Gasteiger partial charge in [-0.2, -0.15) is 0 Å². The second-order valence-corrected chi connectivity index (χ2v) is 7.97. The highest BCUT2D eigenvalue weighted by Gasteiger charge is 2.20. The van der Waals surface area contributed by atoms with Gasteiger partial charge in [-0.05, 0) is 60.6 Å². The Morgan fingerprint density at radius 1 is 1.35 bits per heavy atom. The maximum absolute atomic E-state index is 11.4. The van der Waals surface area contributed by atoms with Crippen LogP contribution in [0, 0.1) is 24.7 Å². The molecule has 2 aromatic carbocycles. The van der Waals surface area contributed by atoms with E-state index in [4.69, 9.17) is 11.6 Å². The molecule has 130 valence electrons. The van der Waals surface area contributed by atoms with Crippen LogP contribution in [-0.2, 0) is 11.2 Å². The van der Waals surface area contributed by atoms with Crippen molar-refractivity contribution in [3.8, 4) is 23.0 Å². The largest absolute Gasteiger partial charge is 0.481 e. The fourth-order valence-corrected chi connectivity index (χ4v) is 4.11. The highest BCUT2D eigenvalue weighted by atomic mass is 35.5. The van der Waals surface area contributed by atoms with Crippen LogP contribution in [0.2, 0.25) is 5.02 Å². The molecule has 0 spiro atoms. The van der Waals surface area contributed by atoms with Crippen molar-refractivity contribution in [2.75, 3.05) is 0 Å². The van der Waals surface area contributed by atoms with Gasteiger partial charge in [0.25, 0.3) is 0 Å². The SMILES string of the molecule is Cc1cc2nc(C#CC3CC3)sc2c(-c2ccc(Cl)cc2)c1CC(=O)O. The molecule has 3 aromatic rings. The number of halogens is 1. The third-order valence-electron chi connectivity index (χ3n) is 4.43. The van der Waals surface area contributed by atoms with Crippen molar-refractivity contribution in [1.82, 2.24) is 4.98 Å². The monoisotopic (exact) mass is 381 g/mol. The van der Waals surface area contributed by atoms with Gasteiger partial charge in [0.2, 0.25) is 0 Å². The second-order valence-electron chi connectivity index (χ2n) is 6.54. The van der Waals surface area contributed by atoms with Crippen molar-refractivity contribution < 1.29 is 9.90 Å². The Kier molecular flexibility index (Phi) is 4.44. The topological polar surface area (TPSA) is 50.2 Å². The number of thiazole rings is 1. The van der Waals surface area contributed by atoms with Gasteiger partial charge in [0.05, 0.1) is 16.6 Å². The molecule has 4 rings (SSSR count). The average Bonchev–Trinajstić information content (AvgIpc) is 3.34. The lowest BCUT2D eigenvalue weighted by Gasteiger charge is -2.13. The van der Waals surface area contributed by atoms with Crippen molar-refractivity contribution >= 4 is 39.1 Å². The summed E-state index contributed by atoms with van der Waals surface area (Å²) in [6.45, 7) is 1.94. The summed E-state index contributed by atoms with van der Waals surface area (Å²) in [5, 5.41) is 10.8. The molecular formula is C21H16ClNO2S. The zero-order valence-electron chi connectivity index (χ0n) is 14.2. The Hall–Kier alpha value is -2.35. The van der Waals surface area contributed by atoms with Crippen molar-refractivity contribution in [3.05, 3.63) is 51.5 Å². The Morgan fingerprint density at radius 2 is 2.08 bits per heavy atom. The first-order valence-electron chi connectivity index (χ1n) is 8.43. The van der Waals surface area contributed by atoms with Gasteiger partial charge >= 0.3 is 5.97 Å². The Bertz CT molecular complexity index is 1070. The summed E-state index contributed by atoms with van der Waals surface area (Å²) in [7, 11) is 0. The first-order valence-corrected chi connectivity index (χ1v) is 9.63. The number of aliphatic carboxylic acids is 1. The zero-order chi connectivity index (χ0) is 18.3. The predicted octanol–water partition coefficient (Wildman–Crippen LogP) is 5.31. The van der Waals surface area contributed by atoms with Crippen LogP contribution in [0.25, 0.3) is 21.3 Å². The molecule has 0 atom stereocenters. The maximum atomic E-state index is 11.4. The standard InChI is InChI=1S/C21H16ClNO2S/c1-12-10-17-21(26-18(23-17)9-4-13-2-3-13)20(16(12)11-19(24)25)14-5-7-15(22)8-6-14/h5-8,10,13H,2-3,11H2,1H3,(H,24,25). The van der Waals surface area contributed by atoms with Crippen LogP contribution < -0.4 is 0 Å². The van der Waals surface area contributed by atoms with Gasteiger partial charge in [-0.25, -0.2) is 4.98 Å². The fourth-order valence-electron chi connectivity index (χ4n) is 2.98. The molecule has 26 heavy (non-hydrogen) atoms. The van der Waals surface area contributed by atoms with Crippen molar-refractivity contribution in [3.63, 3.8) is 0 Å². The number of nitrogens with zero attached hydrogens (tertiary/aromatic N) is 1. The summed E-state index contributed by atoms with van der Waals surface area (Å²) >= 11 is 7.56. The van der Waals surface area contributed by atoms with E-state index in [1.807, 2.05) is 37.3 Å². The molecule has 0 unspecified atom stereocenters. The molecule has 0 aliphatic heterocycles. The number of carboxylic acid groups (broad SMARTS) is 1. The lowest BCUT2D eigenvalue weighted by atomic mass is 9.93. The molecule has 5 heteroatoms. The fraction of sp³-hybridized carbons (Fsp3) is 0.238. The normalized spacial score (nSPS) is 13.5. The van der Waals surface area contributed by atoms with E-state index in [0.717, 1.165) is 37.5 Å². The number of rotatable bonds is 3. The van der Waals surface area contributed by atoms with E-state index in [0.29, 0.717) is 10.9 Å². The van der Waals surface area contributed by atoms with Crippen molar-refractivity contribution in [1.29, 1.82) is 0 Å². The highest BCUT2D eigenvalue weighted by molar-refractivity contribution is 7.19. The molecule has 0 radical (unpaired) electrons. The summed E-state index contributed by atoms with van der Waals surface area (Å²) in [5.41, 5.74) is 4.49. The third kappa shape index (κ3) is 3.46. The van der Waals surface area contributed by atoms with Crippen LogP contribution >= 0.6 is 22.9 Å². The zero-order valence-corrected chi connectivity index (χ0v) is 15.7. The molecular weight excluding hydrogens is 366 g/mol. The minimum atomic E-state index is -0.846. The minimum absolute atomic E-state index is 0.0271. The summed E-state index contributed by atoms with van der Waals surface area (Å²) < 4.78 is 0.981. The highest BCUT2D eigenvalue weighted by Crippen LogP contribution is 2.38. The number of aromatic nitrogens is 1. The lowest BCUT2D eigenvalue weighted by Crippen LogP contribution is -2.04. The first-order chi connectivity index (χ1) is 12.5. The van der Waals surface area contributed by atoms with E-state index in [1.54, 1.807) is 0 Å². The van der Waals surface area contributed by atoms with E-state index < -0.39 is 5.97 Å². The molecule has 1 N–H and O–H groups in total. The summed E-state index contributed by atoms with van der Waals surface area (Å²) in [5.74, 6) is 6.10. The van der Waals surface area contributed by atoms with E-state index in [2.05, 4.69) is 16.8 Å². The number of benzene rings is 2. The van der Waals surface area contributed by atoms with Gasteiger partial charge in [0.15, 0.2) is 5.01 Å². The average molecular weight is 382 g/mol. The van der Waals surface area contributed by atoms with Crippen LogP contribution in [0.15, 0.2) is 30.3 Å². The van der Waals surface area contributed by atoms with Crippen molar-refractivity contribution in [2.24, 2.45) is 5.92 Å². The second kappa shape index (κ2) is 6.75. The van der Waals surface area contributed by atoms with Crippen LogP contribution in [0.1, 0.15) is 29.0 Å². The number of carbonyl (C=O) groups is 1. The lowest BCUT2D eigenvalue weighted by molar-refractivity contribution is -0.136. The summed E-state index contributed by atoms with van der Waals surface area (Å²) in [6, 6.07) is 9.47. The van der Waals surface area contributed by atoms with E-state index in [1.165, 1.54) is 24.2 Å². The Labute approximate surface area is 160 Å². The number of hydrogen-bond acceptors (Lipinski definition) is 3. The quantitative estimate of drug-likeness (QED) is 0.625. The van der Waals surface area contributed by atoms with Gasteiger partial charge in [-0.3, -0.25) is 4.79 Å². The summed E-state index contributed by atoms with van der Waals surface area (Å²) in [6.07, 6.45) is 2.33. The molecule has 3 nitrogen and oxygen atoms in total. The molecule has 1 aliphatic carbocycles. The van der Waals surface area contributed by atoms with Gasteiger partial charge in [0.1, 0.15) is 0 Å². The summed E-state index contributed by atoms with van der Waals surface area (Å²) in [4.78, 5) is 16.1.